The summed E-state index contributed by atoms with van der Waals surface area (Å²) in [5.74, 6) is -0.706. The first-order valence-corrected chi connectivity index (χ1v) is 7.97. The number of sulfonamides is 1. The largest absolute Gasteiger partial charge is 0.355 e. The molecule has 0 saturated heterocycles. The molecule has 7 heteroatoms. The van der Waals surface area contributed by atoms with Crippen LogP contribution in [0.2, 0.25) is 0 Å². The lowest BCUT2D eigenvalue weighted by atomic mass is 10.1. The molecular formula is C15H15FN2O3S. The van der Waals surface area contributed by atoms with Crippen LogP contribution in [0.5, 0.6) is 0 Å². The Balaban J connectivity index is 2.05. The Kier molecular flexibility index (Phi) is 4.89. The van der Waals surface area contributed by atoms with Crippen LogP contribution in [0.25, 0.3) is 0 Å². The molecule has 0 aromatic heterocycles. The molecule has 22 heavy (non-hydrogen) atoms. The zero-order valence-corrected chi connectivity index (χ0v) is 12.7. The van der Waals surface area contributed by atoms with Gasteiger partial charge in [-0.25, -0.2) is 17.5 Å². The van der Waals surface area contributed by atoms with E-state index in [1.807, 2.05) is 0 Å². The average Bonchev–Trinajstić information content (AvgIpc) is 2.53. The van der Waals surface area contributed by atoms with Crippen LogP contribution in [0.4, 0.5) is 4.39 Å². The fourth-order valence-corrected chi connectivity index (χ4v) is 2.81. The molecule has 116 valence electrons. The molecule has 0 bridgehead atoms. The second-order valence-electron chi connectivity index (χ2n) is 4.55. The summed E-state index contributed by atoms with van der Waals surface area (Å²) in [7, 11) is -2.17. The number of rotatable bonds is 5. The van der Waals surface area contributed by atoms with Gasteiger partial charge in [-0.15, -0.1) is 0 Å². The Morgan fingerprint density at radius 3 is 2.18 bits per heavy atom. The highest BCUT2D eigenvalue weighted by atomic mass is 32.2. The summed E-state index contributed by atoms with van der Waals surface area (Å²) in [6, 6.07) is 11.1. The lowest BCUT2D eigenvalue weighted by Gasteiger charge is -2.07. The summed E-state index contributed by atoms with van der Waals surface area (Å²) < 4.78 is 39.3. The third-order valence-electron chi connectivity index (χ3n) is 3.03. The van der Waals surface area contributed by atoms with E-state index < -0.39 is 15.8 Å². The van der Waals surface area contributed by atoms with E-state index in [0.717, 1.165) is 12.1 Å². The fourth-order valence-electron chi connectivity index (χ4n) is 1.79. The molecule has 0 aliphatic heterocycles. The number of nitrogens with one attached hydrogen (secondary N) is 2. The summed E-state index contributed by atoms with van der Waals surface area (Å²) in [4.78, 5) is 11.4. The van der Waals surface area contributed by atoms with E-state index in [1.165, 1.54) is 19.2 Å². The maximum absolute atomic E-state index is 12.8. The predicted molar refractivity (Wildman–Crippen MR) is 80.3 cm³/mol. The van der Waals surface area contributed by atoms with Gasteiger partial charge in [0.1, 0.15) is 5.82 Å². The molecule has 1 amide bonds. The Morgan fingerprint density at radius 2 is 1.64 bits per heavy atom. The minimum atomic E-state index is -3.70. The van der Waals surface area contributed by atoms with Crippen LogP contribution in [0.1, 0.15) is 15.9 Å². The van der Waals surface area contributed by atoms with Crippen molar-refractivity contribution in [2.75, 3.05) is 7.05 Å². The van der Waals surface area contributed by atoms with E-state index in [1.54, 1.807) is 24.3 Å². The van der Waals surface area contributed by atoms with Gasteiger partial charge in [0, 0.05) is 19.2 Å². The second kappa shape index (κ2) is 6.67. The summed E-state index contributed by atoms with van der Waals surface area (Å²) in [6.07, 6.45) is 0. The van der Waals surface area contributed by atoms with E-state index in [2.05, 4.69) is 10.0 Å². The second-order valence-corrected chi connectivity index (χ2v) is 6.32. The van der Waals surface area contributed by atoms with Gasteiger partial charge >= 0.3 is 0 Å². The van der Waals surface area contributed by atoms with E-state index in [9.17, 15) is 17.6 Å². The number of hydrogen-bond acceptors (Lipinski definition) is 3. The van der Waals surface area contributed by atoms with E-state index in [-0.39, 0.29) is 17.3 Å². The fraction of sp³-hybridized carbons (Fsp3) is 0.133. The first-order chi connectivity index (χ1) is 10.4. The standard InChI is InChI=1S/C15H15FN2O3S/c1-17-15(19)12-4-2-11(3-5-12)10-18-22(20,21)14-8-6-13(16)7-9-14/h2-9,18H,10H2,1H3,(H,17,19). The predicted octanol–water partition coefficient (Wildman–Crippen LogP) is 1.66. The van der Waals surface area contributed by atoms with Crippen molar-refractivity contribution in [1.82, 2.24) is 10.0 Å². The lowest BCUT2D eigenvalue weighted by Crippen LogP contribution is -2.23. The zero-order valence-electron chi connectivity index (χ0n) is 11.8. The van der Waals surface area contributed by atoms with Gasteiger partial charge in [0.25, 0.3) is 5.91 Å². The average molecular weight is 322 g/mol. The van der Waals surface area contributed by atoms with Crippen molar-refractivity contribution in [2.45, 2.75) is 11.4 Å². The summed E-state index contributed by atoms with van der Waals surface area (Å²) in [6.45, 7) is 0.0771. The lowest BCUT2D eigenvalue weighted by molar-refractivity contribution is 0.0963. The topological polar surface area (TPSA) is 75.3 Å². The van der Waals surface area contributed by atoms with Crippen LogP contribution >= 0.6 is 0 Å². The van der Waals surface area contributed by atoms with Crippen molar-refractivity contribution in [3.63, 3.8) is 0 Å². The zero-order chi connectivity index (χ0) is 16.2. The number of carbonyl (C=O) groups excluding carboxylic acids is 1. The molecule has 0 radical (unpaired) electrons. The van der Waals surface area contributed by atoms with Gasteiger partial charge in [0.05, 0.1) is 4.90 Å². The highest BCUT2D eigenvalue weighted by Crippen LogP contribution is 2.11. The van der Waals surface area contributed by atoms with Crippen LogP contribution in [-0.4, -0.2) is 21.4 Å². The Labute approximate surface area is 128 Å². The van der Waals surface area contributed by atoms with Gasteiger partial charge < -0.3 is 5.32 Å². The molecule has 0 unspecified atom stereocenters. The monoisotopic (exact) mass is 322 g/mol. The van der Waals surface area contributed by atoms with Crippen LogP contribution in [0.15, 0.2) is 53.4 Å². The third-order valence-corrected chi connectivity index (χ3v) is 4.45. The first-order valence-electron chi connectivity index (χ1n) is 6.48. The van der Waals surface area contributed by atoms with Crippen LogP contribution < -0.4 is 10.0 Å². The molecule has 0 aliphatic rings. The van der Waals surface area contributed by atoms with Crippen molar-refractivity contribution < 1.29 is 17.6 Å². The van der Waals surface area contributed by atoms with Gasteiger partial charge in [0.15, 0.2) is 0 Å². The van der Waals surface area contributed by atoms with E-state index in [4.69, 9.17) is 0 Å². The normalized spacial score (nSPS) is 11.2. The number of amides is 1. The van der Waals surface area contributed by atoms with Crippen molar-refractivity contribution in [3.8, 4) is 0 Å². The maximum atomic E-state index is 12.8. The van der Waals surface area contributed by atoms with Crippen molar-refractivity contribution >= 4 is 15.9 Å². The molecule has 0 heterocycles. The highest BCUT2D eigenvalue weighted by molar-refractivity contribution is 7.89. The molecule has 0 fully saturated rings. The molecule has 2 aromatic carbocycles. The molecule has 0 spiro atoms. The molecule has 2 aromatic rings. The first kappa shape index (κ1) is 16.1. The maximum Gasteiger partial charge on any atom is 0.251 e. The molecule has 2 N–H and O–H groups in total. The Bertz CT molecular complexity index is 756. The summed E-state index contributed by atoms with van der Waals surface area (Å²) >= 11 is 0. The smallest absolute Gasteiger partial charge is 0.251 e. The number of benzene rings is 2. The molecule has 0 saturated carbocycles. The Morgan fingerprint density at radius 1 is 1.05 bits per heavy atom. The van der Waals surface area contributed by atoms with Crippen LogP contribution in [0, 0.1) is 5.82 Å². The minimum absolute atomic E-state index is 0.00381. The van der Waals surface area contributed by atoms with Crippen molar-refractivity contribution in [3.05, 3.63) is 65.5 Å². The molecular weight excluding hydrogens is 307 g/mol. The molecule has 2 rings (SSSR count). The van der Waals surface area contributed by atoms with E-state index >= 15 is 0 Å². The van der Waals surface area contributed by atoms with Gasteiger partial charge in [-0.05, 0) is 42.0 Å². The van der Waals surface area contributed by atoms with Gasteiger partial charge in [-0.1, -0.05) is 12.1 Å². The highest BCUT2D eigenvalue weighted by Gasteiger charge is 2.13. The minimum Gasteiger partial charge on any atom is -0.355 e. The number of hydrogen-bond donors (Lipinski definition) is 2. The van der Waals surface area contributed by atoms with Gasteiger partial charge in [-0.2, -0.15) is 0 Å². The third kappa shape index (κ3) is 3.90. The van der Waals surface area contributed by atoms with Gasteiger partial charge in [-0.3, -0.25) is 4.79 Å². The van der Waals surface area contributed by atoms with Crippen LogP contribution in [-0.2, 0) is 16.6 Å². The molecule has 5 nitrogen and oxygen atoms in total. The Hall–Kier alpha value is -2.25. The number of carbonyl (C=O) groups is 1. The summed E-state index contributed by atoms with van der Waals surface area (Å²) in [5, 5.41) is 2.50. The van der Waals surface area contributed by atoms with Crippen molar-refractivity contribution in [1.29, 1.82) is 0 Å². The quantitative estimate of drug-likeness (QED) is 0.879. The molecule has 0 aliphatic carbocycles. The SMILES string of the molecule is CNC(=O)c1ccc(CNS(=O)(=O)c2ccc(F)cc2)cc1. The van der Waals surface area contributed by atoms with Crippen LogP contribution in [0.3, 0.4) is 0 Å². The number of halogens is 1. The molecule has 0 atom stereocenters. The van der Waals surface area contributed by atoms with Gasteiger partial charge in [0.2, 0.25) is 10.0 Å². The van der Waals surface area contributed by atoms with E-state index in [0.29, 0.717) is 11.1 Å². The van der Waals surface area contributed by atoms with Crippen molar-refractivity contribution in [2.24, 2.45) is 0 Å². The summed E-state index contributed by atoms with van der Waals surface area (Å²) in [5.41, 5.74) is 1.20.